The second-order valence-electron chi connectivity index (χ2n) is 7.21. The zero-order valence-corrected chi connectivity index (χ0v) is 16.8. The quantitative estimate of drug-likeness (QED) is 0.404. The van der Waals surface area contributed by atoms with Crippen LogP contribution in [-0.4, -0.2) is 15.3 Å². The van der Waals surface area contributed by atoms with Crippen LogP contribution in [0.1, 0.15) is 37.7 Å². The number of nitrogens with zero attached hydrogens (tertiary/aromatic N) is 2. The van der Waals surface area contributed by atoms with Crippen LogP contribution in [0.3, 0.4) is 0 Å². The predicted molar refractivity (Wildman–Crippen MR) is 114 cm³/mol. The molecule has 5 heteroatoms. The summed E-state index contributed by atoms with van der Waals surface area (Å²) < 4.78 is 1.79. The molecule has 4 rings (SSSR count). The Bertz CT molecular complexity index is 995. The highest BCUT2D eigenvalue weighted by molar-refractivity contribution is 7.99. The Morgan fingerprint density at radius 1 is 1.04 bits per heavy atom. The van der Waals surface area contributed by atoms with E-state index < -0.39 is 0 Å². The molecule has 0 atom stereocenters. The molecule has 3 aromatic rings. The first-order chi connectivity index (χ1) is 13.2. The zero-order chi connectivity index (χ0) is 18.6. The van der Waals surface area contributed by atoms with Crippen LogP contribution in [0.5, 0.6) is 0 Å². The maximum atomic E-state index is 13.2. The number of rotatable bonds is 5. The number of aromatic nitrogens is 2. The molecule has 27 heavy (non-hydrogen) atoms. The van der Waals surface area contributed by atoms with E-state index in [1.807, 2.05) is 48.5 Å². The van der Waals surface area contributed by atoms with Gasteiger partial charge < -0.3 is 0 Å². The minimum absolute atomic E-state index is 0.00617. The molecule has 1 fully saturated rings. The Morgan fingerprint density at radius 2 is 1.78 bits per heavy atom. The molecular formula is C22H23ClN2OS. The van der Waals surface area contributed by atoms with Gasteiger partial charge in [-0.05, 0) is 42.5 Å². The summed E-state index contributed by atoms with van der Waals surface area (Å²) in [6.45, 7) is 0.448. The minimum atomic E-state index is 0.00617. The van der Waals surface area contributed by atoms with Gasteiger partial charge in [-0.15, -0.1) is 0 Å². The van der Waals surface area contributed by atoms with Gasteiger partial charge in [0.1, 0.15) is 0 Å². The number of halogens is 1. The summed E-state index contributed by atoms with van der Waals surface area (Å²) in [5.41, 5.74) is 1.72. The van der Waals surface area contributed by atoms with Crippen LogP contribution in [0.25, 0.3) is 10.9 Å². The fourth-order valence-electron chi connectivity index (χ4n) is 3.74. The van der Waals surface area contributed by atoms with E-state index in [0.717, 1.165) is 27.9 Å². The molecule has 0 spiro atoms. The lowest BCUT2D eigenvalue weighted by Crippen LogP contribution is -2.24. The van der Waals surface area contributed by atoms with Gasteiger partial charge in [-0.1, -0.05) is 73.0 Å². The maximum Gasteiger partial charge on any atom is 0.262 e. The minimum Gasteiger partial charge on any atom is -0.283 e. The average molecular weight is 399 g/mol. The molecule has 0 unspecified atom stereocenters. The fraction of sp³-hybridized carbons (Fsp3) is 0.364. The first kappa shape index (κ1) is 18.6. The Balaban J connectivity index is 1.71. The van der Waals surface area contributed by atoms with E-state index in [2.05, 4.69) is 0 Å². The SMILES string of the molecule is O=c1c2ccccc2nc(SCC2CCCCC2)n1Cc1ccccc1Cl. The summed E-state index contributed by atoms with van der Waals surface area (Å²) in [7, 11) is 0. The topological polar surface area (TPSA) is 34.9 Å². The van der Waals surface area contributed by atoms with Crippen molar-refractivity contribution in [2.45, 2.75) is 43.8 Å². The summed E-state index contributed by atoms with van der Waals surface area (Å²) in [4.78, 5) is 18.0. The van der Waals surface area contributed by atoms with E-state index in [1.165, 1.54) is 32.1 Å². The molecule has 0 N–H and O–H groups in total. The van der Waals surface area contributed by atoms with Crippen molar-refractivity contribution in [3.8, 4) is 0 Å². The first-order valence-corrected chi connectivity index (χ1v) is 10.9. The number of hydrogen-bond acceptors (Lipinski definition) is 3. The number of benzene rings is 2. The van der Waals surface area contributed by atoms with Gasteiger partial charge in [-0.3, -0.25) is 9.36 Å². The maximum absolute atomic E-state index is 13.2. The highest BCUT2D eigenvalue weighted by Gasteiger charge is 2.17. The summed E-state index contributed by atoms with van der Waals surface area (Å²) in [5, 5.41) is 2.14. The molecule has 1 aliphatic rings. The van der Waals surface area contributed by atoms with Crippen LogP contribution in [0.2, 0.25) is 5.02 Å². The molecule has 0 bridgehead atoms. The lowest BCUT2D eigenvalue weighted by Gasteiger charge is -2.21. The Hall–Kier alpha value is -1.78. The van der Waals surface area contributed by atoms with Crippen LogP contribution >= 0.6 is 23.4 Å². The summed E-state index contributed by atoms with van der Waals surface area (Å²) >= 11 is 8.07. The van der Waals surface area contributed by atoms with E-state index in [4.69, 9.17) is 16.6 Å². The van der Waals surface area contributed by atoms with Crippen molar-refractivity contribution in [1.82, 2.24) is 9.55 Å². The van der Waals surface area contributed by atoms with Crippen molar-refractivity contribution in [3.05, 3.63) is 69.5 Å². The Labute approximate surface area is 168 Å². The van der Waals surface area contributed by atoms with Gasteiger partial charge in [0.2, 0.25) is 0 Å². The van der Waals surface area contributed by atoms with Gasteiger partial charge in [0.25, 0.3) is 5.56 Å². The van der Waals surface area contributed by atoms with Crippen molar-refractivity contribution < 1.29 is 0 Å². The zero-order valence-electron chi connectivity index (χ0n) is 15.2. The summed E-state index contributed by atoms with van der Waals surface area (Å²) in [5.74, 6) is 1.74. The van der Waals surface area contributed by atoms with Crippen LogP contribution < -0.4 is 5.56 Å². The van der Waals surface area contributed by atoms with Crippen LogP contribution in [-0.2, 0) is 6.54 Å². The molecule has 1 heterocycles. The van der Waals surface area contributed by atoms with Gasteiger partial charge in [0.15, 0.2) is 5.16 Å². The van der Waals surface area contributed by atoms with Crippen LogP contribution in [0.4, 0.5) is 0 Å². The van der Waals surface area contributed by atoms with Gasteiger partial charge in [-0.25, -0.2) is 4.98 Å². The lowest BCUT2D eigenvalue weighted by atomic mass is 9.91. The van der Waals surface area contributed by atoms with Crippen LogP contribution in [0.15, 0.2) is 58.5 Å². The Kier molecular flexibility index (Phi) is 5.84. The first-order valence-electron chi connectivity index (χ1n) is 9.58. The number of hydrogen-bond donors (Lipinski definition) is 0. The summed E-state index contributed by atoms with van der Waals surface area (Å²) in [6.07, 6.45) is 6.57. The Morgan fingerprint density at radius 3 is 2.59 bits per heavy atom. The molecule has 140 valence electrons. The molecular weight excluding hydrogens is 376 g/mol. The van der Waals surface area contributed by atoms with E-state index in [9.17, 15) is 4.79 Å². The lowest BCUT2D eigenvalue weighted by molar-refractivity contribution is 0.390. The molecule has 0 radical (unpaired) electrons. The van der Waals surface area contributed by atoms with E-state index in [1.54, 1.807) is 16.3 Å². The van der Waals surface area contributed by atoms with E-state index in [0.29, 0.717) is 17.0 Å². The molecule has 0 aliphatic heterocycles. The number of fused-ring (bicyclic) bond motifs is 1. The van der Waals surface area contributed by atoms with E-state index in [-0.39, 0.29) is 5.56 Å². The van der Waals surface area contributed by atoms with Gasteiger partial charge in [0, 0.05) is 10.8 Å². The molecule has 1 aliphatic carbocycles. The molecule has 1 aromatic heterocycles. The smallest absolute Gasteiger partial charge is 0.262 e. The van der Waals surface area contributed by atoms with Crippen molar-refractivity contribution >= 4 is 34.3 Å². The second kappa shape index (κ2) is 8.49. The molecule has 2 aromatic carbocycles. The van der Waals surface area contributed by atoms with Gasteiger partial charge in [0.05, 0.1) is 17.4 Å². The normalized spacial score (nSPS) is 15.3. The third-order valence-electron chi connectivity index (χ3n) is 5.29. The third-order valence-corrected chi connectivity index (χ3v) is 6.86. The average Bonchev–Trinajstić information content (AvgIpc) is 2.71. The van der Waals surface area contributed by atoms with Crippen molar-refractivity contribution in [3.63, 3.8) is 0 Å². The highest BCUT2D eigenvalue weighted by atomic mass is 35.5. The molecule has 0 saturated heterocycles. The standard InChI is InChI=1S/C22H23ClN2OS/c23-19-12-6-4-10-17(19)14-25-21(26)18-11-5-7-13-20(18)24-22(25)27-15-16-8-2-1-3-9-16/h4-7,10-13,16H,1-3,8-9,14-15H2. The molecule has 3 nitrogen and oxygen atoms in total. The van der Waals surface area contributed by atoms with Crippen molar-refractivity contribution in [1.29, 1.82) is 0 Å². The third kappa shape index (κ3) is 4.22. The monoisotopic (exact) mass is 398 g/mol. The number of para-hydroxylation sites is 1. The molecule has 1 saturated carbocycles. The van der Waals surface area contributed by atoms with Crippen LogP contribution in [0, 0.1) is 5.92 Å². The highest BCUT2D eigenvalue weighted by Crippen LogP contribution is 2.30. The number of thioether (sulfide) groups is 1. The summed E-state index contributed by atoms with van der Waals surface area (Å²) in [6, 6.07) is 15.3. The van der Waals surface area contributed by atoms with Crippen molar-refractivity contribution in [2.24, 2.45) is 5.92 Å². The van der Waals surface area contributed by atoms with Gasteiger partial charge >= 0.3 is 0 Å². The van der Waals surface area contributed by atoms with E-state index >= 15 is 0 Å². The predicted octanol–water partition coefficient (Wildman–Crippen LogP) is 5.77. The second-order valence-corrected chi connectivity index (χ2v) is 8.60. The van der Waals surface area contributed by atoms with Gasteiger partial charge in [-0.2, -0.15) is 0 Å². The molecule has 0 amide bonds. The van der Waals surface area contributed by atoms with Crippen molar-refractivity contribution in [2.75, 3.05) is 5.75 Å². The fourth-order valence-corrected chi connectivity index (χ4v) is 5.12. The largest absolute Gasteiger partial charge is 0.283 e.